The zero-order valence-corrected chi connectivity index (χ0v) is 17.6. The van der Waals surface area contributed by atoms with E-state index in [1.165, 1.54) is 6.08 Å². The second kappa shape index (κ2) is 12.4. The molecule has 0 saturated carbocycles. The molecule has 1 atom stereocenters. The lowest BCUT2D eigenvalue weighted by atomic mass is 10.00. The van der Waals surface area contributed by atoms with E-state index in [1.54, 1.807) is 6.34 Å². The Morgan fingerprint density at radius 3 is 2.71 bits per heavy atom. The van der Waals surface area contributed by atoms with E-state index in [0.717, 1.165) is 35.4 Å². The molecule has 1 N–H and O–H groups in total. The van der Waals surface area contributed by atoms with Crippen LogP contribution in [0.4, 0.5) is 5.69 Å². The first-order valence-electron chi connectivity index (χ1n) is 9.61. The van der Waals surface area contributed by atoms with Crippen molar-refractivity contribution in [2.24, 2.45) is 9.98 Å². The van der Waals surface area contributed by atoms with Gasteiger partial charge in [0.25, 0.3) is 0 Å². The molecule has 28 heavy (non-hydrogen) atoms. The van der Waals surface area contributed by atoms with Crippen LogP contribution in [0.1, 0.15) is 46.1 Å². The molecule has 0 aliphatic heterocycles. The third-order valence-corrected chi connectivity index (χ3v) is 4.12. The third kappa shape index (κ3) is 7.74. The van der Waals surface area contributed by atoms with Crippen molar-refractivity contribution in [1.29, 1.82) is 0 Å². The molecule has 0 aliphatic carbocycles. The van der Waals surface area contributed by atoms with E-state index in [1.807, 2.05) is 56.3 Å². The van der Waals surface area contributed by atoms with Crippen LogP contribution < -0.4 is 5.32 Å². The van der Waals surface area contributed by atoms with Crippen LogP contribution in [0.2, 0.25) is 0 Å². The number of nitrogens with one attached hydrogen (secondary N) is 1. The summed E-state index contributed by atoms with van der Waals surface area (Å²) in [5, 5.41) is 2.79. The first-order chi connectivity index (χ1) is 13.4. The van der Waals surface area contributed by atoms with Gasteiger partial charge in [0, 0.05) is 18.4 Å². The van der Waals surface area contributed by atoms with Gasteiger partial charge in [-0.25, -0.2) is 9.98 Å². The quantitative estimate of drug-likeness (QED) is 0.340. The van der Waals surface area contributed by atoms with Gasteiger partial charge in [0.15, 0.2) is 0 Å². The lowest BCUT2D eigenvalue weighted by Gasteiger charge is -2.18. The van der Waals surface area contributed by atoms with E-state index >= 15 is 0 Å². The summed E-state index contributed by atoms with van der Waals surface area (Å²) in [6, 6.07) is 7.71. The summed E-state index contributed by atoms with van der Waals surface area (Å²) < 4.78 is 0. The fourth-order valence-corrected chi connectivity index (χ4v) is 2.42. The summed E-state index contributed by atoms with van der Waals surface area (Å²) in [7, 11) is 2.00. The maximum atomic E-state index is 11.6. The van der Waals surface area contributed by atoms with Crippen molar-refractivity contribution in [1.82, 2.24) is 4.90 Å². The van der Waals surface area contributed by atoms with E-state index in [9.17, 15) is 4.79 Å². The van der Waals surface area contributed by atoms with Gasteiger partial charge in [0.2, 0.25) is 5.91 Å². The maximum Gasteiger partial charge on any atom is 0.247 e. The predicted octanol–water partition coefficient (Wildman–Crippen LogP) is 5.30. The number of aliphatic imine (C=N–C) groups is 2. The molecule has 0 spiro atoms. The number of carbonyl (C=O) groups is 1. The highest BCUT2D eigenvalue weighted by molar-refractivity contribution is 6.24. The Bertz CT molecular complexity index is 775. The van der Waals surface area contributed by atoms with Gasteiger partial charge in [0.05, 0.1) is 0 Å². The van der Waals surface area contributed by atoms with Crippen molar-refractivity contribution in [3.63, 3.8) is 0 Å². The number of hydrogen-bond acceptors (Lipinski definition) is 3. The van der Waals surface area contributed by atoms with Gasteiger partial charge in [-0.3, -0.25) is 4.79 Å². The van der Waals surface area contributed by atoms with Crippen LogP contribution in [-0.4, -0.2) is 36.1 Å². The van der Waals surface area contributed by atoms with Gasteiger partial charge in [-0.2, -0.15) is 0 Å². The molecule has 5 nitrogen and oxygen atoms in total. The van der Waals surface area contributed by atoms with Crippen LogP contribution in [0.3, 0.4) is 0 Å². The normalized spacial score (nSPS) is 13.8. The second-order valence-corrected chi connectivity index (χ2v) is 6.37. The lowest BCUT2D eigenvalue weighted by molar-refractivity contribution is -0.111. The Labute approximate surface area is 169 Å². The average Bonchev–Trinajstić information content (AvgIpc) is 2.69. The molecule has 0 fully saturated rings. The molecule has 0 bridgehead atoms. The van der Waals surface area contributed by atoms with E-state index in [4.69, 9.17) is 0 Å². The standard InChI is InChI=1S/C23H32N4O/c1-7-10-15-27(6)19(5)25-17-24-18(4)22(12-8-2)20-13-11-14-21(16-20)26-23(28)9-3/h9-17,19H,3,7-8H2,1-2,4-6H3,(H,26,28)/b15-10-,22-12+,24-18+,25-17-. The van der Waals surface area contributed by atoms with Crippen molar-refractivity contribution in [3.8, 4) is 0 Å². The first kappa shape index (κ1) is 23.1. The van der Waals surface area contributed by atoms with Crippen molar-refractivity contribution in [2.45, 2.75) is 46.7 Å². The number of benzene rings is 1. The Morgan fingerprint density at radius 2 is 2.07 bits per heavy atom. The predicted molar refractivity (Wildman–Crippen MR) is 122 cm³/mol. The minimum atomic E-state index is -0.231. The number of anilines is 1. The second-order valence-electron chi connectivity index (χ2n) is 6.37. The summed E-state index contributed by atoms with van der Waals surface area (Å²) >= 11 is 0. The van der Waals surface area contributed by atoms with E-state index < -0.39 is 0 Å². The van der Waals surface area contributed by atoms with Crippen LogP contribution in [0.15, 0.2) is 65.3 Å². The fraction of sp³-hybridized carbons (Fsp3) is 0.348. The number of rotatable bonds is 10. The van der Waals surface area contributed by atoms with Gasteiger partial charge in [0.1, 0.15) is 12.5 Å². The summed E-state index contributed by atoms with van der Waals surface area (Å²) in [6.07, 6.45) is 11.0. The molecule has 1 unspecified atom stereocenters. The molecule has 0 saturated heterocycles. The Kier molecular flexibility index (Phi) is 10.3. The minimum absolute atomic E-state index is 0.00963. The molecule has 0 aliphatic rings. The van der Waals surface area contributed by atoms with Gasteiger partial charge in [-0.05, 0) is 62.2 Å². The zero-order valence-electron chi connectivity index (χ0n) is 17.6. The van der Waals surface area contributed by atoms with E-state index in [2.05, 4.69) is 47.9 Å². The summed E-state index contributed by atoms with van der Waals surface area (Å²) in [5.74, 6) is -0.231. The SMILES string of the molecule is C=CC(=O)Nc1cccc(C(=C/CC)/C(C)=N/C=N\C(C)N(C)/C=C\CC)c1. The van der Waals surface area contributed by atoms with E-state index in [-0.39, 0.29) is 12.1 Å². The Morgan fingerprint density at radius 1 is 1.32 bits per heavy atom. The summed E-state index contributed by atoms with van der Waals surface area (Å²) in [6.45, 7) is 11.7. The molecule has 150 valence electrons. The van der Waals surface area contributed by atoms with Crippen molar-refractivity contribution >= 4 is 29.2 Å². The Hall–Kier alpha value is -2.95. The molecule has 1 amide bonds. The highest BCUT2D eigenvalue weighted by atomic mass is 16.1. The molecule has 0 radical (unpaired) electrons. The highest BCUT2D eigenvalue weighted by Gasteiger charge is 2.07. The van der Waals surface area contributed by atoms with Crippen molar-refractivity contribution in [2.75, 3.05) is 12.4 Å². The van der Waals surface area contributed by atoms with Gasteiger partial charge < -0.3 is 10.2 Å². The number of allylic oxidation sites excluding steroid dienone is 3. The summed E-state index contributed by atoms with van der Waals surface area (Å²) in [4.78, 5) is 22.6. The molecule has 0 aromatic heterocycles. The smallest absolute Gasteiger partial charge is 0.247 e. The molecule has 0 heterocycles. The largest absolute Gasteiger partial charge is 0.360 e. The van der Waals surface area contributed by atoms with E-state index in [0.29, 0.717) is 0 Å². The first-order valence-corrected chi connectivity index (χ1v) is 9.61. The fourth-order valence-electron chi connectivity index (χ4n) is 2.42. The van der Waals surface area contributed by atoms with Crippen LogP contribution in [0.5, 0.6) is 0 Å². The third-order valence-electron chi connectivity index (χ3n) is 4.12. The number of nitrogens with zero attached hydrogens (tertiary/aromatic N) is 3. The monoisotopic (exact) mass is 380 g/mol. The molecule has 5 heteroatoms. The molecule has 1 rings (SSSR count). The molecule has 1 aromatic carbocycles. The zero-order chi connectivity index (χ0) is 20.9. The average molecular weight is 381 g/mol. The Balaban J connectivity index is 3.00. The van der Waals surface area contributed by atoms with Crippen LogP contribution in [0.25, 0.3) is 5.57 Å². The van der Waals surface area contributed by atoms with Crippen molar-refractivity contribution in [3.05, 3.63) is 60.8 Å². The number of amides is 1. The minimum Gasteiger partial charge on any atom is -0.360 e. The highest BCUT2D eigenvalue weighted by Crippen LogP contribution is 2.21. The van der Waals surface area contributed by atoms with Gasteiger partial charge in [-0.1, -0.05) is 44.7 Å². The number of hydrogen-bond donors (Lipinski definition) is 1. The molecular formula is C23H32N4O. The van der Waals surface area contributed by atoms with Crippen LogP contribution in [-0.2, 0) is 4.79 Å². The van der Waals surface area contributed by atoms with Crippen molar-refractivity contribution < 1.29 is 4.79 Å². The van der Waals surface area contributed by atoms with Crippen LogP contribution >= 0.6 is 0 Å². The summed E-state index contributed by atoms with van der Waals surface area (Å²) in [5.41, 5.74) is 3.62. The topological polar surface area (TPSA) is 57.1 Å². The molecule has 1 aromatic rings. The molecular weight excluding hydrogens is 348 g/mol. The van der Waals surface area contributed by atoms with Crippen LogP contribution in [0, 0.1) is 0 Å². The van der Waals surface area contributed by atoms with Gasteiger partial charge in [-0.15, -0.1) is 0 Å². The lowest BCUT2D eigenvalue weighted by Crippen LogP contribution is -2.21. The van der Waals surface area contributed by atoms with Gasteiger partial charge >= 0.3 is 0 Å². The maximum absolute atomic E-state index is 11.6. The number of carbonyl (C=O) groups excluding carboxylic acids is 1.